The third kappa shape index (κ3) is 17.7. The van der Waals surface area contributed by atoms with Gasteiger partial charge in [0, 0.05) is 13.1 Å². The van der Waals surface area contributed by atoms with Crippen molar-refractivity contribution in [3.8, 4) is 0 Å². The number of nitrogens with two attached hydrogens (primary N) is 1. The molecule has 0 aromatic heterocycles. The second-order valence-electron chi connectivity index (χ2n) is 6.63. The molecule has 0 radical (unpaired) electrons. The predicted octanol–water partition coefficient (Wildman–Crippen LogP) is -0.734. The average molecular weight is 413 g/mol. The van der Waals surface area contributed by atoms with Crippen molar-refractivity contribution < 1.29 is 36.8 Å². The Labute approximate surface area is 160 Å². The molecule has 160 valence electrons. The van der Waals surface area contributed by atoms with Crippen molar-refractivity contribution in [3.63, 3.8) is 0 Å². The largest absolute Gasteiger partial charge is 0.444 e. The van der Waals surface area contributed by atoms with Crippen molar-refractivity contribution in [2.45, 2.75) is 38.8 Å². The molecule has 2 amide bonds. The lowest BCUT2D eigenvalue weighted by Crippen LogP contribution is -2.42. The summed E-state index contributed by atoms with van der Waals surface area (Å²) in [5.41, 5.74) is 4.95. The van der Waals surface area contributed by atoms with Crippen molar-refractivity contribution in [1.82, 2.24) is 10.6 Å². The van der Waals surface area contributed by atoms with Gasteiger partial charge in [-0.2, -0.15) is 8.42 Å². The van der Waals surface area contributed by atoms with Gasteiger partial charge in [0.25, 0.3) is 10.1 Å². The van der Waals surface area contributed by atoms with E-state index >= 15 is 0 Å². The van der Waals surface area contributed by atoms with E-state index in [0.29, 0.717) is 26.4 Å². The fourth-order valence-corrected chi connectivity index (χ4v) is 2.20. The van der Waals surface area contributed by atoms with E-state index in [4.69, 9.17) is 24.5 Å². The zero-order valence-electron chi connectivity index (χ0n) is 16.0. The van der Waals surface area contributed by atoms with Crippen molar-refractivity contribution in [3.05, 3.63) is 0 Å². The summed E-state index contributed by atoms with van der Waals surface area (Å²) >= 11 is 0. The Kier molecular flexibility index (Phi) is 12.1. The molecular weight excluding hydrogens is 382 g/mol. The van der Waals surface area contributed by atoms with E-state index in [0.717, 1.165) is 0 Å². The minimum absolute atomic E-state index is 0.170. The van der Waals surface area contributed by atoms with Crippen molar-refractivity contribution in [2.24, 2.45) is 5.73 Å². The van der Waals surface area contributed by atoms with Crippen LogP contribution in [-0.2, 0) is 29.1 Å². The first kappa shape index (κ1) is 25.5. The zero-order valence-corrected chi connectivity index (χ0v) is 16.8. The summed E-state index contributed by atoms with van der Waals surface area (Å²) in [7, 11) is -4.14. The van der Waals surface area contributed by atoms with Crippen molar-refractivity contribution in [2.75, 3.05) is 45.3 Å². The van der Waals surface area contributed by atoms with E-state index in [9.17, 15) is 18.0 Å². The van der Waals surface area contributed by atoms with Crippen LogP contribution in [0.1, 0.15) is 27.2 Å². The minimum atomic E-state index is -4.14. The number of alkyl carbamates (subject to hydrolysis) is 1. The smallest absolute Gasteiger partial charge is 0.407 e. The Bertz CT molecular complexity index is 548. The Morgan fingerprint density at radius 3 is 2.04 bits per heavy atom. The molecule has 0 heterocycles. The first-order chi connectivity index (χ1) is 12.4. The van der Waals surface area contributed by atoms with Crippen LogP contribution in [0, 0.1) is 0 Å². The molecule has 0 bridgehead atoms. The maximum atomic E-state index is 11.6. The van der Waals surface area contributed by atoms with E-state index in [1.54, 1.807) is 20.8 Å². The molecule has 12 heteroatoms. The molecular formula is C15H31N3O8S. The molecule has 27 heavy (non-hydrogen) atoms. The molecule has 0 rings (SSSR count). The molecule has 5 N–H and O–H groups in total. The first-order valence-electron chi connectivity index (χ1n) is 8.51. The summed E-state index contributed by atoms with van der Waals surface area (Å²) in [6.45, 7) is 7.00. The molecule has 0 aliphatic heterocycles. The van der Waals surface area contributed by atoms with E-state index in [-0.39, 0.29) is 19.6 Å². The van der Waals surface area contributed by atoms with Crippen molar-refractivity contribution in [1.29, 1.82) is 0 Å². The van der Waals surface area contributed by atoms with Crippen LogP contribution in [0.15, 0.2) is 0 Å². The van der Waals surface area contributed by atoms with Gasteiger partial charge in [-0.05, 0) is 27.2 Å². The number of carbonyl (C=O) groups is 2. The second kappa shape index (κ2) is 12.8. The molecule has 0 aromatic rings. The van der Waals surface area contributed by atoms with Crippen LogP contribution in [0.5, 0.6) is 0 Å². The van der Waals surface area contributed by atoms with E-state index in [2.05, 4.69) is 10.6 Å². The summed E-state index contributed by atoms with van der Waals surface area (Å²) in [5, 5.41) is 5.05. The molecule has 0 fully saturated rings. The summed E-state index contributed by atoms with van der Waals surface area (Å²) in [6.07, 6.45) is -0.677. The highest BCUT2D eigenvalue weighted by Crippen LogP contribution is 2.06. The number of hydrogen-bond donors (Lipinski definition) is 4. The summed E-state index contributed by atoms with van der Waals surface area (Å²) < 4.78 is 45.3. The van der Waals surface area contributed by atoms with E-state index in [1.807, 2.05) is 0 Å². The molecule has 1 atom stereocenters. The molecule has 0 saturated carbocycles. The molecule has 0 unspecified atom stereocenters. The molecule has 11 nitrogen and oxygen atoms in total. The Morgan fingerprint density at radius 1 is 1.04 bits per heavy atom. The summed E-state index contributed by atoms with van der Waals surface area (Å²) in [6, 6.07) is -1.02. The topological polar surface area (TPSA) is 166 Å². The quantitative estimate of drug-likeness (QED) is 0.225. The zero-order chi connectivity index (χ0) is 20.9. The fourth-order valence-electron chi connectivity index (χ4n) is 1.65. The van der Waals surface area contributed by atoms with Gasteiger partial charge in [-0.25, -0.2) is 4.79 Å². The monoisotopic (exact) mass is 413 g/mol. The minimum Gasteiger partial charge on any atom is -0.444 e. The Morgan fingerprint density at radius 2 is 1.56 bits per heavy atom. The van der Waals surface area contributed by atoms with E-state index in [1.165, 1.54) is 0 Å². The number of hydrogen-bond acceptors (Lipinski definition) is 8. The number of ether oxygens (including phenoxy) is 3. The third-order valence-electron chi connectivity index (χ3n) is 2.86. The second-order valence-corrected chi connectivity index (χ2v) is 8.20. The van der Waals surface area contributed by atoms with Crippen LogP contribution in [-0.4, -0.2) is 81.9 Å². The number of rotatable bonds is 13. The van der Waals surface area contributed by atoms with Crippen LogP contribution in [0.4, 0.5) is 4.79 Å². The lowest BCUT2D eigenvalue weighted by Gasteiger charge is -2.19. The van der Waals surface area contributed by atoms with E-state index < -0.39 is 39.5 Å². The maximum absolute atomic E-state index is 11.6. The lowest BCUT2D eigenvalue weighted by molar-refractivity contribution is -0.122. The summed E-state index contributed by atoms with van der Waals surface area (Å²) in [4.78, 5) is 22.9. The van der Waals surface area contributed by atoms with Gasteiger partial charge in [-0.3, -0.25) is 9.35 Å². The molecule has 0 spiro atoms. The van der Waals surface area contributed by atoms with Gasteiger partial charge in [0.05, 0.1) is 38.2 Å². The number of nitrogens with one attached hydrogen (secondary N) is 2. The SMILES string of the molecule is CC(C)(C)OC(=O)NCCOCCOCCNC(=O)[C@@H](N)CCS(=O)(=O)O. The van der Waals surface area contributed by atoms with Gasteiger partial charge in [-0.15, -0.1) is 0 Å². The maximum Gasteiger partial charge on any atom is 0.407 e. The third-order valence-corrected chi connectivity index (χ3v) is 3.61. The molecule has 0 saturated heterocycles. The van der Waals surface area contributed by atoms with Gasteiger partial charge in [0.1, 0.15) is 5.60 Å². The van der Waals surface area contributed by atoms with Gasteiger partial charge >= 0.3 is 6.09 Å². The van der Waals surface area contributed by atoms with Gasteiger partial charge in [-0.1, -0.05) is 0 Å². The van der Waals surface area contributed by atoms with Gasteiger partial charge in [0.2, 0.25) is 5.91 Å². The lowest BCUT2D eigenvalue weighted by atomic mass is 10.2. The number of carbonyl (C=O) groups excluding carboxylic acids is 2. The van der Waals surface area contributed by atoms with Crippen LogP contribution >= 0.6 is 0 Å². The van der Waals surface area contributed by atoms with Crippen LogP contribution in [0.2, 0.25) is 0 Å². The average Bonchev–Trinajstić information content (AvgIpc) is 2.51. The van der Waals surface area contributed by atoms with Crippen LogP contribution in [0.25, 0.3) is 0 Å². The highest BCUT2D eigenvalue weighted by atomic mass is 32.2. The summed E-state index contributed by atoms with van der Waals surface area (Å²) in [5.74, 6) is -1.09. The van der Waals surface area contributed by atoms with Gasteiger partial charge in [0.15, 0.2) is 0 Å². The van der Waals surface area contributed by atoms with Crippen LogP contribution < -0.4 is 16.4 Å². The molecule has 0 aliphatic rings. The first-order valence-corrected chi connectivity index (χ1v) is 10.1. The predicted molar refractivity (Wildman–Crippen MR) is 97.9 cm³/mol. The highest BCUT2D eigenvalue weighted by molar-refractivity contribution is 7.85. The standard InChI is InChI=1S/C15H31N3O8S/c1-15(2,3)26-14(20)18-6-8-25-10-9-24-7-5-17-13(19)12(16)4-11-27(21,22)23/h12H,4-11,16H2,1-3H3,(H,17,19)(H,18,20)(H,21,22,23)/t12-/m0/s1. The number of amides is 2. The highest BCUT2D eigenvalue weighted by Gasteiger charge is 2.16. The Hall–Kier alpha value is -1.47. The van der Waals surface area contributed by atoms with Crippen LogP contribution in [0.3, 0.4) is 0 Å². The molecule has 0 aromatic carbocycles. The Balaban J connectivity index is 3.52. The molecule has 0 aliphatic carbocycles. The van der Waals surface area contributed by atoms with Gasteiger partial charge < -0.3 is 30.6 Å². The van der Waals surface area contributed by atoms with Crippen molar-refractivity contribution >= 4 is 22.1 Å². The fraction of sp³-hybridized carbons (Fsp3) is 0.867. The normalized spacial score (nSPS) is 13.1.